The van der Waals surface area contributed by atoms with Crippen LogP contribution in [0.1, 0.15) is 22.0 Å². The van der Waals surface area contributed by atoms with Gasteiger partial charge in [0.1, 0.15) is 0 Å². The van der Waals surface area contributed by atoms with Crippen molar-refractivity contribution in [1.82, 2.24) is 4.98 Å². The van der Waals surface area contributed by atoms with E-state index < -0.39 is 17.8 Å². The Bertz CT molecular complexity index is 494. The molecule has 2 nitrogen and oxygen atoms in total. The van der Waals surface area contributed by atoms with Gasteiger partial charge in [-0.2, -0.15) is 13.2 Å². The van der Waals surface area contributed by atoms with Crippen molar-refractivity contribution in [3.63, 3.8) is 0 Å². The van der Waals surface area contributed by atoms with Crippen LogP contribution in [-0.2, 0) is 6.18 Å². The third kappa shape index (κ3) is 2.48. The van der Waals surface area contributed by atoms with Crippen LogP contribution < -0.4 is 5.73 Å². The minimum atomic E-state index is -4.41. The van der Waals surface area contributed by atoms with Crippen molar-refractivity contribution in [1.29, 1.82) is 0 Å². The van der Waals surface area contributed by atoms with Gasteiger partial charge >= 0.3 is 6.18 Å². The Morgan fingerprint density at radius 2 is 2.06 bits per heavy atom. The average molecular weight is 258 g/mol. The van der Waals surface area contributed by atoms with Crippen molar-refractivity contribution in [2.45, 2.75) is 12.2 Å². The first-order valence-electron chi connectivity index (χ1n) is 4.80. The quantitative estimate of drug-likeness (QED) is 0.898. The third-order valence-electron chi connectivity index (χ3n) is 2.34. The van der Waals surface area contributed by atoms with Crippen LogP contribution in [0.15, 0.2) is 36.0 Å². The Morgan fingerprint density at radius 3 is 2.65 bits per heavy atom. The molecule has 1 atom stereocenters. The minimum Gasteiger partial charge on any atom is -0.320 e. The molecule has 0 spiro atoms. The van der Waals surface area contributed by atoms with Gasteiger partial charge in [-0.15, -0.1) is 11.3 Å². The summed E-state index contributed by atoms with van der Waals surface area (Å²) in [5.74, 6) is 0. The van der Waals surface area contributed by atoms with Crippen LogP contribution in [0.2, 0.25) is 0 Å². The van der Waals surface area contributed by atoms with Crippen molar-refractivity contribution in [3.05, 3.63) is 52.0 Å². The number of halogens is 3. The van der Waals surface area contributed by atoms with E-state index >= 15 is 0 Å². The topological polar surface area (TPSA) is 38.9 Å². The highest BCUT2D eigenvalue weighted by Gasteiger charge is 2.35. The lowest BCUT2D eigenvalue weighted by Gasteiger charge is -2.16. The molecule has 0 saturated heterocycles. The summed E-state index contributed by atoms with van der Waals surface area (Å²) in [4.78, 5) is 4.40. The fourth-order valence-corrected chi connectivity index (χ4v) is 2.28. The van der Waals surface area contributed by atoms with E-state index in [0.29, 0.717) is 4.88 Å². The summed E-state index contributed by atoms with van der Waals surface area (Å²) in [7, 11) is 0. The SMILES string of the molecule is NC(c1cccs1)c1cnccc1C(F)(F)F. The van der Waals surface area contributed by atoms with Crippen molar-refractivity contribution in [2.75, 3.05) is 0 Å². The highest BCUT2D eigenvalue weighted by Crippen LogP contribution is 2.35. The first-order valence-corrected chi connectivity index (χ1v) is 5.68. The zero-order valence-corrected chi connectivity index (χ0v) is 9.42. The van der Waals surface area contributed by atoms with Gasteiger partial charge in [0.25, 0.3) is 0 Å². The maximum atomic E-state index is 12.8. The van der Waals surface area contributed by atoms with Crippen LogP contribution >= 0.6 is 11.3 Å². The third-order valence-corrected chi connectivity index (χ3v) is 3.30. The zero-order chi connectivity index (χ0) is 12.5. The number of alkyl halides is 3. The van der Waals surface area contributed by atoms with E-state index in [9.17, 15) is 13.2 Å². The van der Waals surface area contributed by atoms with Gasteiger partial charge in [0.2, 0.25) is 0 Å². The number of rotatable bonds is 2. The Hall–Kier alpha value is -1.40. The molecule has 0 bridgehead atoms. The molecule has 2 aromatic heterocycles. The molecule has 2 heterocycles. The molecule has 0 aliphatic heterocycles. The van der Waals surface area contributed by atoms with Crippen LogP contribution in [-0.4, -0.2) is 4.98 Å². The van der Waals surface area contributed by atoms with Gasteiger partial charge in [-0.25, -0.2) is 0 Å². The molecule has 2 N–H and O–H groups in total. The molecule has 2 rings (SSSR count). The van der Waals surface area contributed by atoms with Crippen molar-refractivity contribution in [3.8, 4) is 0 Å². The number of nitrogens with two attached hydrogens (primary N) is 1. The van der Waals surface area contributed by atoms with Crippen molar-refractivity contribution < 1.29 is 13.2 Å². The van der Waals surface area contributed by atoms with Crippen LogP contribution in [0.3, 0.4) is 0 Å². The van der Waals surface area contributed by atoms with Gasteiger partial charge in [-0.1, -0.05) is 6.07 Å². The molecule has 0 radical (unpaired) electrons. The number of pyridine rings is 1. The van der Waals surface area contributed by atoms with E-state index in [4.69, 9.17) is 5.73 Å². The summed E-state index contributed by atoms with van der Waals surface area (Å²) >= 11 is 1.33. The summed E-state index contributed by atoms with van der Waals surface area (Å²) in [6.07, 6.45) is -2.12. The van der Waals surface area contributed by atoms with E-state index in [1.165, 1.54) is 17.5 Å². The predicted molar refractivity (Wildman–Crippen MR) is 59.6 cm³/mol. The van der Waals surface area contributed by atoms with E-state index in [1.54, 1.807) is 17.5 Å². The van der Waals surface area contributed by atoms with Gasteiger partial charge in [0.15, 0.2) is 0 Å². The fraction of sp³-hybridized carbons (Fsp3) is 0.182. The summed E-state index contributed by atoms with van der Waals surface area (Å²) < 4.78 is 38.3. The Labute approximate surface area is 99.9 Å². The number of thiophene rings is 1. The first-order chi connectivity index (χ1) is 8.00. The average Bonchev–Trinajstić information content (AvgIpc) is 2.80. The highest BCUT2D eigenvalue weighted by molar-refractivity contribution is 7.10. The Balaban J connectivity index is 2.46. The van der Waals surface area contributed by atoms with Gasteiger partial charge in [-0.3, -0.25) is 4.98 Å². The van der Waals surface area contributed by atoms with E-state index in [2.05, 4.69) is 4.98 Å². The van der Waals surface area contributed by atoms with E-state index in [0.717, 1.165) is 12.3 Å². The highest BCUT2D eigenvalue weighted by atomic mass is 32.1. The molecule has 1 unspecified atom stereocenters. The van der Waals surface area contributed by atoms with Crippen molar-refractivity contribution >= 4 is 11.3 Å². The van der Waals surface area contributed by atoms with Crippen LogP contribution in [0, 0.1) is 0 Å². The maximum Gasteiger partial charge on any atom is 0.416 e. The number of hydrogen-bond donors (Lipinski definition) is 1. The molecule has 0 aromatic carbocycles. The molecule has 0 saturated carbocycles. The van der Waals surface area contributed by atoms with Crippen LogP contribution in [0.4, 0.5) is 13.2 Å². The summed E-state index contributed by atoms with van der Waals surface area (Å²) in [6, 6.07) is 3.62. The van der Waals surface area contributed by atoms with Gasteiger partial charge in [-0.05, 0) is 17.5 Å². The van der Waals surface area contributed by atoms with Gasteiger partial charge < -0.3 is 5.73 Å². The number of aromatic nitrogens is 1. The minimum absolute atomic E-state index is 0.00227. The lowest BCUT2D eigenvalue weighted by molar-refractivity contribution is -0.138. The molecular weight excluding hydrogens is 249 g/mol. The molecule has 0 fully saturated rings. The molecule has 0 aliphatic carbocycles. The number of nitrogens with zero attached hydrogens (tertiary/aromatic N) is 1. The monoisotopic (exact) mass is 258 g/mol. The van der Waals surface area contributed by atoms with Gasteiger partial charge in [0, 0.05) is 22.8 Å². The molecular formula is C11H9F3N2S. The summed E-state index contributed by atoms with van der Waals surface area (Å²) in [5, 5.41) is 1.78. The molecule has 90 valence electrons. The lowest BCUT2D eigenvalue weighted by atomic mass is 10.0. The standard InChI is InChI=1S/C11H9F3N2S/c12-11(13,14)8-3-4-16-6-7(8)10(15)9-2-1-5-17-9/h1-6,10H,15H2. The molecule has 0 amide bonds. The lowest BCUT2D eigenvalue weighted by Crippen LogP contribution is -2.18. The first kappa shape index (κ1) is 12.1. The summed E-state index contributed by atoms with van der Waals surface area (Å²) in [5.41, 5.74) is 5.10. The predicted octanol–water partition coefficient (Wildman–Crippen LogP) is 3.21. The second kappa shape index (κ2) is 4.46. The Kier molecular flexibility index (Phi) is 3.17. The Morgan fingerprint density at radius 1 is 1.29 bits per heavy atom. The van der Waals surface area contributed by atoms with E-state index in [-0.39, 0.29) is 5.56 Å². The summed E-state index contributed by atoms with van der Waals surface area (Å²) in [6.45, 7) is 0. The second-order valence-electron chi connectivity index (χ2n) is 3.45. The molecule has 0 aliphatic rings. The van der Waals surface area contributed by atoms with Crippen LogP contribution in [0.25, 0.3) is 0 Å². The maximum absolute atomic E-state index is 12.8. The van der Waals surface area contributed by atoms with Gasteiger partial charge in [0.05, 0.1) is 11.6 Å². The normalized spacial score (nSPS) is 13.6. The molecule has 17 heavy (non-hydrogen) atoms. The molecule has 6 heteroatoms. The number of hydrogen-bond acceptors (Lipinski definition) is 3. The zero-order valence-electron chi connectivity index (χ0n) is 8.61. The van der Waals surface area contributed by atoms with Crippen LogP contribution in [0.5, 0.6) is 0 Å². The van der Waals surface area contributed by atoms with Crippen molar-refractivity contribution in [2.24, 2.45) is 5.73 Å². The fourth-order valence-electron chi connectivity index (χ4n) is 1.53. The van der Waals surface area contributed by atoms with E-state index in [1.807, 2.05) is 0 Å². The smallest absolute Gasteiger partial charge is 0.320 e. The molecule has 2 aromatic rings. The largest absolute Gasteiger partial charge is 0.416 e. The second-order valence-corrected chi connectivity index (χ2v) is 4.43.